The Balaban J connectivity index is 0.727. The maximum Gasteiger partial charge on any atom is 0.230 e. The van der Waals surface area contributed by atoms with Gasteiger partial charge in [0.15, 0.2) is 17.4 Å². The number of rotatable bonds is 19. The van der Waals surface area contributed by atoms with Crippen molar-refractivity contribution in [3.05, 3.63) is 75.7 Å². The van der Waals surface area contributed by atoms with Crippen molar-refractivity contribution >= 4 is 63.9 Å². The summed E-state index contributed by atoms with van der Waals surface area (Å²) >= 11 is 12.6. The van der Waals surface area contributed by atoms with Crippen molar-refractivity contribution in [2.24, 2.45) is 11.8 Å². The number of carbonyl (C=O) groups is 4. The smallest absolute Gasteiger partial charge is 0.230 e. The van der Waals surface area contributed by atoms with Gasteiger partial charge in [-0.15, -0.1) is 5.10 Å². The number of amides is 2. The van der Waals surface area contributed by atoms with E-state index in [0.717, 1.165) is 37.4 Å². The zero-order valence-corrected chi connectivity index (χ0v) is 34.8. The molecular weight excluding hydrogens is 815 g/mol. The number of halogens is 2. The van der Waals surface area contributed by atoms with E-state index in [1.807, 2.05) is 12.3 Å². The Hall–Kier alpha value is -5.04. The fraction of sp³-hybridized carbons (Fsp3) is 0.463. The summed E-state index contributed by atoms with van der Waals surface area (Å²) in [5, 5.41) is 18.5. The van der Waals surface area contributed by atoms with E-state index < -0.39 is 29.4 Å². The number of ketones is 2. The van der Waals surface area contributed by atoms with Crippen LogP contribution in [0.3, 0.4) is 0 Å². The first kappa shape index (κ1) is 43.1. The molecule has 0 spiro atoms. The topological polar surface area (TPSA) is 218 Å². The molecule has 2 aliphatic heterocycles. The fourth-order valence-corrected chi connectivity index (χ4v) is 8.03. The van der Waals surface area contributed by atoms with Crippen molar-refractivity contribution < 1.29 is 33.4 Å². The minimum Gasteiger partial charge on any atom is -0.382 e. The molecule has 2 atom stereocenters. The predicted molar refractivity (Wildman–Crippen MR) is 224 cm³/mol. The van der Waals surface area contributed by atoms with Crippen LogP contribution in [0.4, 0.5) is 17.3 Å². The molecule has 5 N–H and O–H groups in total. The fourth-order valence-electron chi connectivity index (χ4n) is 7.64. The Kier molecular flexibility index (Phi) is 14.0. The Bertz CT molecular complexity index is 2210. The molecule has 2 aromatic heterocycles. The van der Waals surface area contributed by atoms with E-state index in [1.165, 1.54) is 0 Å². The number of nitrogens with zero attached hydrogens (tertiary/aromatic N) is 6. The number of fused-ring (bicyclic) bond motifs is 1. The monoisotopic (exact) mass is 862 g/mol. The zero-order valence-electron chi connectivity index (χ0n) is 33.3. The van der Waals surface area contributed by atoms with Crippen molar-refractivity contribution in [1.29, 1.82) is 0 Å². The number of imide groups is 1. The van der Waals surface area contributed by atoms with E-state index in [-0.39, 0.29) is 29.7 Å². The van der Waals surface area contributed by atoms with Crippen LogP contribution in [0.2, 0.25) is 10.0 Å². The van der Waals surface area contributed by atoms with E-state index in [4.69, 9.17) is 43.1 Å². The van der Waals surface area contributed by atoms with Crippen molar-refractivity contribution in [1.82, 2.24) is 35.6 Å². The van der Waals surface area contributed by atoms with Crippen LogP contribution in [0.15, 0.2) is 48.8 Å². The maximum atomic E-state index is 13.3. The number of nitrogen functional groups attached to an aromatic ring is 1. The van der Waals surface area contributed by atoms with Crippen LogP contribution >= 0.6 is 23.2 Å². The van der Waals surface area contributed by atoms with Crippen LogP contribution < -0.4 is 26.6 Å². The Morgan fingerprint density at radius 2 is 1.65 bits per heavy atom. The molecule has 2 fully saturated rings. The molecular formula is C41H48Cl2N10O7. The largest absolute Gasteiger partial charge is 0.382 e. The van der Waals surface area contributed by atoms with Gasteiger partial charge < -0.3 is 35.5 Å². The highest BCUT2D eigenvalue weighted by molar-refractivity contribution is 6.43. The van der Waals surface area contributed by atoms with E-state index >= 15 is 0 Å². The second kappa shape index (κ2) is 19.6. The second-order valence-corrected chi connectivity index (χ2v) is 16.0. The molecule has 60 heavy (non-hydrogen) atoms. The predicted octanol–water partition coefficient (Wildman–Crippen LogP) is 3.98. The molecule has 3 aliphatic rings. The highest BCUT2D eigenvalue weighted by Crippen LogP contribution is 2.39. The molecule has 1 aliphatic carbocycles. The van der Waals surface area contributed by atoms with Crippen molar-refractivity contribution in [3.63, 3.8) is 0 Å². The number of benzene rings is 2. The van der Waals surface area contributed by atoms with Gasteiger partial charge in [0, 0.05) is 61.1 Å². The third kappa shape index (κ3) is 10.1. The van der Waals surface area contributed by atoms with E-state index in [2.05, 4.69) is 48.1 Å². The third-order valence-corrected chi connectivity index (χ3v) is 11.9. The van der Waals surface area contributed by atoms with Crippen LogP contribution in [0.25, 0.3) is 11.3 Å². The number of nitrogens with one attached hydrogen (secondary N) is 3. The zero-order chi connectivity index (χ0) is 42.2. The SMILES string of the molecule is CC1(NCc2cn(CCOCCOCCOCCNc3cccc4c3C(=O)C(C3CCC(=O)NC3=O)C4=O)nn2)CCN(c2cnc(-c3cccc(Cl)c3Cl)c(N)n2)CC1. The summed E-state index contributed by atoms with van der Waals surface area (Å²) in [5.74, 6) is -2.68. The van der Waals surface area contributed by atoms with Gasteiger partial charge in [-0.1, -0.05) is 52.7 Å². The van der Waals surface area contributed by atoms with Gasteiger partial charge in [-0.3, -0.25) is 24.5 Å². The number of piperidine rings is 2. The van der Waals surface area contributed by atoms with Crippen LogP contribution in [-0.4, -0.2) is 113 Å². The van der Waals surface area contributed by atoms with Crippen LogP contribution in [0, 0.1) is 11.8 Å². The number of carbonyl (C=O) groups excluding carboxylic acids is 4. The highest BCUT2D eigenvalue weighted by atomic mass is 35.5. The maximum absolute atomic E-state index is 13.3. The Labute approximate surface area is 357 Å². The lowest BCUT2D eigenvalue weighted by Gasteiger charge is -2.40. The molecule has 7 rings (SSSR count). The van der Waals surface area contributed by atoms with Crippen LogP contribution in [-0.2, 0) is 36.9 Å². The first-order chi connectivity index (χ1) is 29.0. The van der Waals surface area contributed by atoms with Gasteiger partial charge in [-0.05, 0) is 38.3 Å². The number of nitrogens with two attached hydrogens (primary N) is 1. The lowest BCUT2D eigenvalue weighted by atomic mass is 9.82. The second-order valence-electron chi connectivity index (χ2n) is 15.2. The van der Waals surface area contributed by atoms with Gasteiger partial charge >= 0.3 is 0 Å². The van der Waals surface area contributed by atoms with Gasteiger partial charge in [-0.2, -0.15) is 0 Å². The number of hydrogen-bond donors (Lipinski definition) is 4. The number of hydrogen-bond acceptors (Lipinski definition) is 15. The van der Waals surface area contributed by atoms with Gasteiger partial charge in [0.1, 0.15) is 11.5 Å². The van der Waals surface area contributed by atoms with Crippen molar-refractivity contribution in [2.75, 3.05) is 75.2 Å². The molecule has 2 amide bonds. The first-order valence-corrected chi connectivity index (χ1v) is 20.7. The summed E-state index contributed by atoms with van der Waals surface area (Å²) < 4.78 is 18.8. The average molecular weight is 864 g/mol. The van der Waals surface area contributed by atoms with Gasteiger partial charge in [0.2, 0.25) is 11.8 Å². The molecule has 0 radical (unpaired) electrons. The summed E-state index contributed by atoms with van der Waals surface area (Å²) in [4.78, 5) is 61.7. The minimum atomic E-state index is -1.11. The summed E-state index contributed by atoms with van der Waals surface area (Å²) in [6.45, 7) is 7.73. The summed E-state index contributed by atoms with van der Waals surface area (Å²) in [6.07, 6.45) is 5.71. The van der Waals surface area contributed by atoms with Gasteiger partial charge in [0.25, 0.3) is 0 Å². The third-order valence-electron chi connectivity index (χ3n) is 11.1. The first-order valence-electron chi connectivity index (χ1n) is 20.0. The van der Waals surface area contributed by atoms with Gasteiger partial charge in [0.05, 0.1) is 85.5 Å². The van der Waals surface area contributed by atoms with Gasteiger partial charge in [-0.25, -0.2) is 14.6 Å². The molecule has 0 bridgehead atoms. The van der Waals surface area contributed by atoms with Crippen molar-refractivity contribution in [2.45, 2.75) is 51.2 Å². The Morgan fingerprint density at radius 1 is 0.933 bits per heavy atom. The quantitative estimate of drug-likeness (QED) is 0.0596. The standard InChI is InChI=1S/C41H48Cl2N10O7/c1-41(10-13-52(14-11-41)31-23-46-36(39(44)48-31)28-5-2-6-29(42)35(28)43)47-22-25-24-53(51-50-25)15-17-59-19-21-60-20-18-58-16-12-45-30-7-3-4-26-33(30)38(56)34(37(26)55)27-8-9-32(54)49-40(27)57/h2-7,23-24,27,34,45,47H,8-22H2,1H3,(H2,44,48)(H,49,54,57). The number of aromatic nitrogens is 5. The van der Waals surface area contributed by atoms with E-state index in [0.29, 0.717) is 97.6 Å². The number of anilines is 3. The molecule has 2 saturated heterocycles. The molecule has 19 heteroatoms. The Morgan fingerprint density at radius 3 is 2.40 bits per heavy atom. The van der Waals surface area contributed by atoms with E-state index in [1.54, 1.807) is 41.2 Å². The number of Topliss-reactive ketones (excluding diaryl/α,β-unsaturated/α-hetero) is 2. The van der Waals surface area contributed by atoms with Crippen LogP contribution in [0.5, 0.6) is 0 Å². The molecule has 0 saturated carbocycles. The summed E-state index contributed by atoms with van der Waals surface area (Å²) in [7, 11) is 0. The molecule has 4 heterocycles. The molecule has 17 nitrogen and oxygen atoms in total. The highest BCUT2D eigenvalue weighted by Gasteiger charge is 2.48. The normalized spacial score (nSPS) is 18.8. The molecule has 2 unspecified atom stereocenters. The minimum absolute atomic E-state index is 0.0855. The summed E-state index contributed by atoms with van der Waals surface area (Å²) in [5.41, 5.74) is 9.31. The lowest BCUT2D eigenvalue weighted by Crippen LogP contribution is -2.51. The molecule has 2 aromatic carbocycles. The molecule has 318 valence electrons. The average Bonchev–Trinajstić information content (AvgIpc) is 3.80. The van der Waals surface area contributed by atoms with E-state index in [9.17, 15) is 19.2 Å². The molecule has 4 aromatic rings. The number of ether oxygens (including phenoxy) is 3. The van der Waals surface area contributed by atoms with Crippen LogP contribution in [0.1, 0.15) is 59.0 Å². The summed E-state index contributed by atoms with van der Waals surface area (Å²) in [6, 6.07) is 10.4. The van der Waals surface area contributed by atoms with Crippen molar-refractivity contribution in [3.8, 4) is 11.3 Å². The lowest BCUT2D eigenvalue weighted by molar-refractivity contribution is -0.137.